The van der Waals surface area contributed by atoms with Crippen LogP contribution in [0.25, 0.3) is 11.0 Å². The minimum Gasteiger partial charge on any atom is -0.451 e. The molecular weight excluding hydrogens is 366 g/mol. The van der Waals surface area contributed by atoms with Gasteiger partial charge in [0.05, 0.1) is 25.0 Å². The Labute approximate surface area is 170 Å². The van der Waals surface area contributed by atoms with Gasteiger partial charge in [0.2, 0.25) is 0 Å². The van der Waals surface area contributed by atoms with E-state index in [1.807, 2.05) is 56.3 Å². The van der Waals surface area contributed by atoms with Crippen LogP contribution in [0, 0.1) is 6.92 Å². The van der Waals surface area contributed by atoms with Gasteiger partial charge in [0.15, 0.2) is 5.76 Å². The Kier molecular flexibility index (Phi) is 5.74. The second-order valence-electron chi connectivity index (χ2n) is 7.21. The number of rotatable bonds is 5. The molecule has 1 atom stereocenters. The number of nitrogens with zero attached hydrogens (tertiary/aromatic N) is 2. The molecule has 6 nitrogen and oxygen atoms in total. The number of para-hydroxylation sites is 1. The van der Waals surface area contributed by atoms with Crippen LogP contribution < -0.4 is 5.43 Å². The molecule has 2 aromatic carbocycles. The summed E-state index contributed by atoms with van der Waals surface area (Å²) >= 11 is 0. The van der Waals surface area contributed by atoms with Gasteiger partial charge in [-0.3, -0.25) is 9.69 Å². The van der Waals surface area contributed by atoms with Crippen LogP contribution in [0.3, 0.4) is 0 Å². The van der Waals surface area contributed by atoms with E-state index in [0.29, 0.717) is 24.6 Å². The zero-order valence-electron chi connectivity index (χ0n) is 16.7. The van der Waals surface area contributed by atoms with Gasteiger partial charge in [0.1, 0.15) is 5.58 Å². The van der Waals surface area contributed by atoms with E-state index in [0.717, 1.165) is 35.3 Å². The Bertz CT molecular complexity index is 1020. The molecule has 29 heavy (non-hydrogen) atoms. The number of fused-ring (bicyclic) bond motifs is 1. The van der Waals surface area contributed by atoms with Crippen molar-refractivity contribution in [3.8, 4) is 0 Å². The summed E-state index contributed by atoms with van der Waals surface area (Å²) in [6, 6.07) is 17.8. The first kappa shape index (κ1) is 19.4. The van der Waals surface area contributed by atoms with E-state index in [2.05, 4.69) is 27.6 Å². The lowest BCUT2D eigenvalue weighted by molar-refractivity contribution is 0.0285. The largest absolute Gasteiger partial charge is 0.451 e. The van der Waals surface area contributed by atoms with Crippen LogP contribution in [0.5, 0.6) is 0 Å². The summed E-state index contributed by atoms with van der Waals surface area (Å²) in [5, 5.41) is 5.38. The number of hydrogen-bond acceptors (Lipinski definition) is 5. The topological polar surface area (TPSA) is 67.1 Å². The van der Waals surface area contributed by atoms with E-state index in [1.165, 1.54) is 0 Å². The summed E-state index contributed by atoms with van der Waals surface area (Å²) in [7, 11) is 0. The smallest absolute Gasteiger partial charge is 0.307 e. The van der Waals surface area contributed by atoms with E-state index >= 15 is 0 Å². The third kappa shape index (κ3) is 4.09. The number of amides is 1. The number of carbonyl (C=O) groups is 1. The summed E-state index contributed by atoms with van der Waals surface area (Å²) in [5.41, 5.74) is 6.17. The predicted molar refractivity (Wildman–Crippen MR) is 113 cm³/mol. The highest BCUT2D eigenvalue weighted by Crippen LogP contribution is 2.25. The quantitative estimate of drug-likeness (QED) is 0.529. The van der Waals surface area contributed by atoms with Gasteiger partial charge in [0, 0.05) is 24.0 Å². The monoisotopic (exact) mass is 391 g/mol. The molecule has 150 valence electrons. The molecule has 0 spiro atoms. The minimum absolute atomic E-state index is 0.0165. The first-order valence-electron chi connectivity index (χ1n) is 9.84. The van der Waals surface area contributed by atoms with Crippen molar-refractivity contribution in [1.82, 2.24) is 10.3 Å². The number of benzene rings is 2. The highest BCUT2D eigenvalue weighted by atomic mass is 16.5. The van der Waals surface area contributed by atoms with E-state index < -0.39 is 0 Å². The van der Waals surface area contributed by atoms with E-state index in [1.54, 1.807) is 0 Å². The molecule has 4 rings (SSSR count). The summed E-state index contributed by atoms with van der Waals surface area (Å²) in [4.78, 5) is 15.1. The Morgan fingerprint density at radius 3 is 2.48 bits per heavy atom. The first-order valence-corrected chi connectivity index (χ1v) is 9.84. The standard InChI is InChI=1S/C23H25N3O3/c1-16-19-10-6-7-11-20(19)29-22(16)23(27)25-24-17(2)21(18-8-4-3-5-9-18)26-12-14-28-15-13-26/h3-11,21H,12-15H2,1-2H3,(H,25,27)/b24-17-/t21-/m0/s1. The van der Waals surface area contributed by atoms with E-state index in [9.17, 15) is 4.79 Å². The van der Waals surface area contributed by atoms with Crippen molar-refractivity contribution in [2.24, 2.45) is 5.10 Å². The molecule has 0 bridgehead atoms. The molecule has 1 aliphatic rings. The third-order valence-corrected chi connectivity index (χ3v) is 5.31. The molecular formula is C23H25N3O3. The molecule has 1 amide bonds. The second-order valence-corrected chi connectivity index (χ2v) is 7.21. The minimum atomic E-state index is -0.341. The predicted octanol–water partition coefficient (Wildman–Crippen LogP) is 3.92. The van der Waals surface area contributed by atoms with Gasteiger partial charge < -0.3 is 9.15 Å². The van der Waals surface area contributed by atoms with Crippen LogP contribution in [0.1, 0.15) is 34.6 Å². The van der Waals surface area contributed by atoms with Crippen molar-refractivity contribution in [3.63, 3.8) is 0 Å². The molecule has 2 heterocycles. The van der Waals surface area contributed by atoms with Gasteiger partial charge in [-0.15, -0.1) is 0 Å². The van der Waals surface area contributed by atoms with Crippen LogP contribution in [0.2, 0.25) is 0 Å². The second kappa shape index (κ2) is 8.59. The number of hydrazone groups is 1. The Hall–Kier alpha value is -2.96. The molecule has 1 N–H and O–H groups in total. The third-order valence-electron chi connectivity index (χ3n) is 5.31. The zero-order valence-corrected chi connectivity index (χ0v) is 16.7. The lowest BCUT2D eigenvalue weighted by Gasteiger charge is -2.34. The van der Waals surface area contributed by atoms with Crippen LogP contribution in [-0.4, -0.2) is 42.8 Å². The normalized spacial score (nSPS) is 16.7. The molecule has 0 aliphatic carbocycles. The molecule has 0 radical (unpaired) electrons. The molecule has 1 fully saturated rings. The molecule has 1 aliphatic heterocycles. The zero-order chi connectivity index (χ0) is 20.2. The van der Waals surface area contributed by atoms with Gasteiger partial charge in [-0.1, -0.05) is 48.5 Å². The first-order chi connectivity index (χ1) is 14.1. The Balaban J connectivity index is 1.57. The Morgan fingerprint density at radius 1 is 1.07 bits per heavy atom. The van der Waals surface area contributed by atoms with Gasteiger partial charge in [0.25, 0.3) is 0 Å². The van der Waals surface area contributed by atoms with E-state index in [-0.39, 0.29) is 11.9 Å². The summed E-state index contributed by atoms with van der Waals surface area (Å²) in [6.45, 7) is 6.87. The highest BCUT2D eigenvalue weighted by Gasteiger charge is 2.25. The van der Waals surface area contributed by atoms with Crippen LogP contribution in [0.4, 0.5) is 0 Å². The molecule has 0 unspecified atom stereocenters. The van der Waals surface area contributed by atoms with Crippen molar-refractivity contribution in [2.75, 3.05) is 26.3 Å². The molecule has 6 heteroatoms. The SMILES string of the molecule is C/C(=N/NC(=O)c1oc2ccccc2c1C)[C@@H](c1ccccc1)N1CCOCC1. The lowest BCUT2D eigenvalue weighted by atomic mass is 10.0. The number of nitrogens with one attached hydrogen (secondary N) is 1. The van der Waals surface area contributed by atoms with Gasteiger partial charge >= 0.3 is 5.91 Å². The summed E-state index contributed by atoms with van der Waals surface area (Å²) in [5.74, 6) is -0.0442. The van der Waals surface area contributed by atoms with Gasteiger partial charge in [-0.2, -0.15) is 5.10 Å². The fourth-order valence-electron chi connectivity index (χ4n) is 3.83. The number of ether oxygens (including phenoxy) is 1. The van der Waals surface area contributed by atoms with Crippen molar-refractivity contribution < 1.29 is 13.9 Å². The number of furan rings is 1. The van der Waals surface area contributed by atoms with Crippen molar-refractivity contribution in [2.45, 2.75) is 19.9 Å². The molecule has 0 saturated carbocycles. The number of hydrogen-bond donors (Lipinski definition) is 1. The fraction of sp³-hybridized carbons (Fsp3) is 0.304. The lowest BCUT2D eigenvalue weighted by Crippen LogP contribution is -2.42. The summed E-state index contributed by atoms with van der Waals surface area (Å²) in [6.07, 6.45) is 0. The van der Waals surface area contributed by atoms with Gasteiger partial charge in [-0.25, -0.2) is 5.43 Å². The van der Waals surface area contributed by atoms with Gasteiger partial charge in [-0.05, 0) is 25.5 Å². The summed E-state index contributed by atoms with van der Waals surface area (Å²) < 4.78 is 11.2. The maximum absolute atomic E-state index is 12.7. The van der Waals surface area contributed by atoms with Crippen molar-refractivity contribution >= 4 is 22.6 Å². The van der Waals surface area contributed by atoms with Crippen LogP contribution >= 0.6 is 0 Å². The average molecular weight is 391 g/mol. The number of morpholine rings is 1. The number of carbonyl (C=O) groups excluding carboxylic acids is 1. The van der Waals surface area contributed by atoms with Crippen molar-refractivity contribution in [1.29, 1.82) is 0 Å². The molecule has 3 aromatic rings. The molecule has 1 saturated heterocycles. The molecule has 1 aromatic heterocycles. The van der Waals surface area contributed by atoms with Crippen LogP contribution in [-0.2, 0) is 4.74 Å². The maximum Gasteiger partial charge on any atom is 0.307 e. The number of aryl methyl sites for hydroxylation is 1. The Morgan fingerprint density at radius 2 is 1.76 bits per heavy atom. The van der Waals surface area contributed by atoms with E-state index in [4.69, 9.17) is 9.15 Å². The fourth-order valence-corrected chi connectivity index (χ4v) is 3.83. The highest BCUT2D eigenvalue weighted by molar-refractivity contribution is 5.99. The maximum atomic E-state index is 12.7. The average Bonchev–Trinajstić information content (AvgIpc) is 3.11. The van der Waals surface area contributed by atoms with Crippen molar-refractivity contribution in [3.05, 3.63) is 71.5 Å². The van der Waals surface area contributed by atoms with Crippen LogP contribution in [0.15, 0.2) is 64.1 Å².